The molecule has 0 aliphatic heterocycles. The monoisotopic (exact) mass is 454 g/mol. The van der Waals surface area contributed by atoms with Crippen LogP contribution in [0.4, 0.5) is 0 Å². The third-order valence-electron chi connectivity index (χ3n) is 6.12. The summed E-state index contributed by atoms with van der Waals surface area (Å²) < 4.78 is 27.8. The van der Waals surface area contributed by atoms with Crippen molar-refractivity contribution < 1.29 is 23.7 Å². The first-order chi connectivity index (χ1) is 15.5. The smallest absolute Gasteiger partial charge is 0.126 e. The molecule has 0 saturated carbocycles. The zero-order chi connectivity index (χ0) is 22.8. The zero-order valence-electron chi connectivity index (χ0n) is 18.8. The number of ether oxygens (including phenoxy) is 5. The molecule has 0 bridgehead atoms. The number of benzene rings is 3. The van der Waals surface area contributed by atoms with E-state index in [1.54, 1.807) is 35.5 Å². The lowest BCUT2D eigenvalue weighted by Crippen LogP contribution is -2.10. The van der Waals surface area contributed by atoms with E-state index in [2.05, 4.69) is 12.1 Å². The SMILES string of the molecule is COc1ccc([C@H]2c3c(OC)cc(OC)cc3[C@@H](Cl)C2c2cc(OC)cc(OC)c2)cc1. The van der Waals surface area contributed by atoms with E-state index in [1.807, 2.05) is 42.5 Å². The van der Waals surface area contributed by atoms with Crippen LogP contribution in [0.15, 0.2) is 54.6 Å². The molecule has 6 heteroatoms. The highest BCUT2D eigenvalue weighted by atomic mass is 35.5. The van der Waals surface area contributed by atoms with E-state index in [1.165, 1.54) is 0 Å². The Labute approximate surface area is 193 Å². The quantitative estimate of drug-likeness (QED) is 0.413. The molecule has 0 radical (unpaired) electrons. The van der Waals surface area contributed by atoms with Crippen LogP contribution < -0.4 is 23.7 Å². The zero-order valence-corrected chi connectivity index (χ0v) is 19.6. The van der Waals surface area contributed by atoms with Gasteiger partial charge in [-0.1, -0.05) is 12.1 Å². The molecular weight excluding hydrogens is 428 g/mol. The molecule has 168 valence electrons. The van der Waals surface area contributed by atoms with Gasteiger partial charge in [0.2, 0.25) is 0 Å². The second-order valence-electron chi connectivity index (χ2n) is 7.66. The van der Waals surface area contributed by atoms with Gasteiger partial charge in [0, 0.05) is 29.5 Å². The maximum absolute atomic E-state index is 7.18. The van der Waals surface area contributed by atoms with Gasteiger partial charge < -0.3 is 23.7 Å². The van der Waals surface area contributed by atoms with Crippen LogP contribution in [-0.2, 0) is 0 Å². The first-order valence-corrected chi connectivity index (χ1v) is 10.7. The third-order valence-corrected chi connectivity index (χ3v) is 6.63. The van der Waals surface area contributed by atoms with Gasteiger partial charge >= 0.3 is 0 Å². The summed E-state index contributed by atoms with van der Waals surface area (Å²) >= 11 is 7.18. The highest BCUT2D eigenvalue weighted by Gasteiger charge is 2.44. The fourth-order valence-electron chi connectivity index (χ4n) is 4.58. The van der Waals surface area contributed by atoms with Gasteiger partial charge in [-0.25, -0.2) is 0 Å². The van der Waals surface area contributed by atoms with E-state index in [0.717, 1.165) is 45.3 Å². The first-order valence-electron chi connectivity index (χ1n) is 10.3. The van der Waals surface area contributed by atoms with Crippen LogP contribution in [-0.4, -0.2) is 35.5 Å². The minimum Gasteiger partial charge on any atom is -0.497 e. The van der Waals surface area contributed by atoms with Gasteiger partial charge in [-0.2, -0.15) is 0 Å². The molecule has 32 heavy (non-hydrogen) atoms. The predicted molar refractivity (Wildman–Crippen MR) is 125 cm³/mol. The largest absolute Gasteiger partial charge is 0.497 e. The molecule has 0 aromatic heterocycles. The van der Waals surface area contributed by atoms with Crippen LogP contribution in [0.25, 0.3) is 0 Å². The maximum atomic E-state index is 7.18. The fraction of sp³-hybridized carbons (Fsp3) is 0.308. The second-order valence-corrected chi connectivity index (χ2v) is 8.13. The predicted octanol–water partition coefficient (Wildman–Crippen LogP) is 5.94. The van der Waals surface area contributed by atoms with Crippen molar-refractivity contribution in [2.24, 2.45) is 0 Å². The molecule has 0 N–H and O–H groups in total. The summed E-state index contributed by atoms with van der Waals surface area (Å²) in [6.07, 6.45) is 0. The standard InChI is InChI=1S/C26H27ClO5/c1-28-17-8-6-15(7-9-17)23-24(16-10-18(29-2)12-19(11-16)30-3)26(27)21-13-20(31-4)14-22(32-5)25(21)23/h6-14,23-24,26H,1-5H3/t23-,24?,26-/m1/s1. The first kappa shape index (κ1) is 22.2. The molecule has 4 rings (SSSR count). The van der Waals surface area contributed by atoms with Crippen molar-refractivity contribution in [3.63, 3.8) is 0 Å². The second kappa shape index (κ2) is 9.21. The van der Waals surface area contributed by atoms with Gasteiger partial charge in [-0.15, -0.1) is 11.6 Å². The summed E-state index contributed by atoms with van der Waals surface area (Å²) in [5, 5.41) is -0.307. The lowest BCUT2D eigenvalue weighted by molar-refractivity contribution is 0.389. The number of alkyl halides is 1. The lowest BCUT2D eigenvalue weighted by Gasteiger charge is -2.25. The molecule has 3 atom stereocenters. The third kappa shape index (κ3) is 3.82. The van der Waals surface area contributed by atoms with Gasteiger partial charge in [0.05, 0.1) is 40.9 Å². The van der Waals surface area contributed by atoms with Crippen molar-refractivity contribution in [2.75, 3.05) is 35.5 Å². The molecule has 0 fully saturated rings. The van der Waals surface area contributed by atoms with E-state index in [-0.39, 0.29) is 17.2 Å². The number of halogens is 1. The van der Waals surface area contributed by atoms with Gasteiger partial charge in [-0.3, -0.25) is 0 Å². The van der Waals surface area contributed by atoms with Gasteiger partial charge in [-0.05, 0) is 47.0 Å². The number of methoxy groups -OCH3 is 5. The Balaban J connectivity index is 1.95. The average molecular weight is 455 g/mol. The van der Waals surface area contributed by atoms with Crippen LogP contribution >= 0.6 is 11.6 Å². The molecule has 1 aliphatic carbocycles. The molecule has 1 aliphatic rings. The van der Waals surface area contributed by atoms with E-state index < -0.39 is 0 Å². The summed E-state index contributed by atoms with van der Waals surface area (Å²) in [5.74, 6) is 3.58. The van der Waals surface area contributed by atoms with Crippen molar-refractivity contribution >= 4 is 11.6 Å². The minimum atomic E-state index is -0.307. The topological polar surface area (TPSA) is 46.2 Å². The van der Waals surface area contributed by atoms with Gasteiger partial charge in [0.15, 0.2) is 0 Å². The number of fused-ring (bicyclic) bond motifs is 1. The molecule has 3 aromatic carbocycles. The fourth-order valence-corrected chi connectivity index (χ4v) is 5.05. The molecule has 0 heterocycles. The van der Waals surface area contributed by atoms with E-state index in [4.69, 9.17) is 35.3 Å². The number of hydrogen-bond acceptors (Lipinski definition) is 5. The van der Waals surface area contributed by atoms with Crippen LogP contribution in [0.1, 0.15) is 39.5 Å². The highest BCUT2D eigenvalue weighted by Crippen LogP contribution is 2.60. The maximum Gasteiger partial charge on any atom is 0.126 e. The Bertz CT molecular complexity index is 1070. The molecule has 0 amide bonds. The summed E-state index contributed by atoms with van der Waals surface area (Å²) in [7, 11) is 8.27. The summed E-state index contributed by atoms with van der Waals surface area (Å²) in [4.78, 5) is 0. The minimum absolute atomic E-state index is 0.0453. The average Bonchev–Trinajstić information content (AvgIpc) is 3.15. The molecule has 0 saturated heterocycles. The van der Waals surface area contributed by atoms with E-state index in [0.29, 0.717) is 5.75 Å². The Morgan fingerprint density at radius 3 is 1.69 bits per heavy atom. The van der Waals surface area contributed by atoms with Crippen LogP contribution in [0.5, 0.6) is 28.7 Å². The van der Waals surface area contributed by atoms with Gasteiger partial charge in [0.1, 0.15) is 28.7 Å². The van der Waals surface area contributed by atoms with E-state index >= 15 is 0 Å². The lowest BCUT2D eigenvalue weighted by atomic mass is 9.81. The van der Waals surface area contributed by atoms with Gasteiger partial charge in [0.25, 0.3) is 0 Å². The van der Waals surface area contributed by atoms with Crippen molar-refractivity contribution in [1.82, 2.24) is 0 Å². The van der Waals surface area contributed by atoms with E-state index in [9.17, 15) is 0 Å². The molecule has 5 nitrogen and oxygen atoms in total. The molecular formula is C26H27ClO5. The summed E-state index contributed by atoms with van der Waals surface area (Å²) in [6.45, 7) is 0. The number of hydrogen-bond donors (Lipinski definition) is 0. The summed E-state index contributed by atoms with van der Waals surface area (Å²) in [6, 6.07) is 17.9. The van der Waals surface area contributed by atoms with Crippen molar-refractivity contribution in [3.05, 3.63) is 76.9 Å². The highest BCUT2D eigenvalue weighted by molar-refractivity contribution is 6.22. The van der Waals surface area contributed by atoms with Crippen molar-refractivity contribution in [1.29, 1.82) is 0 Å². The Hall–Kier alpha value is -3.05. The Morgan fingerprint density at radius 2 is 1.16 bits per heavy atom. The molecule has 0 spiro atoms. The van der Waals surface area contributed by atoms with Crippen LogP contribution in [0.2, 0.25) is 0 Å². The Morgan fingerprint density at radius 1 is 0.594 bits per heavy atom. The van der Waals surface area contributed by atoms with Crippen molar-refractivity contribution in [3.8, 4) is 28.7 Å². The van der Waals surface area contributed by atoms with Crippen LogP contribution in [0, 0.1) is 0 Å². The normalized spacial score (nSPS) is 19.2. The molecule has 3 aromatic rings. The summed E-state index contributed by atoms with van der Waals surface area (Å²) in [5.41, 5.74) is 4.20. The Kier molecular flexibility index (Phi) is 6.38. The number of rotatable bonds is 7. The molecule has 1 unspecified atom stereocenters. The van der Waals surface area contributed by atoms with Crippen LogP contribution in [0.3, 0.4) is 0 Å². The van der Waals surface area contributed by atoms with Crippen molar-refractivity contribution in [2.45, 2.75) is 17.2 Å².